The van der Waals surface area contributed by atoms with E-state index < -0.39 is 22.1 Å². The van der Waals surface area contributed by atoms with Crippen molar-refractivity contribution >= 4 is 22.1 Å². The van der Waals surface area contributed by atoms with Gasteiger partial charge < -0.3 is 56.9 Å². The Hall–Kier alpha value is -0.0934. The molecule has 0 aromatic heterocycles. The minimum Gasteiger partial charge on any atom is -0.481 e. The maximum atomic E-state index is 10.4. The first-order chi connectivity index (χ1) is 24.0. The van der Waals surface area contributed by atoms with Crippen LogP contribution >= 0.6 is 0 Å². The number of hydrogen-bond donors (Lipinski definition) is 11. The summed E-state index contributed by atoms with van der Waals surface area (Å²) in [7, 11) is -3.73. The molecule has 0 heterocycles. The van der Waals surface area contributed by atoms with Gasteiger partial charge in [-0.05, 0) is 71.1 Å². The Labute approximate surface area is 374 Å². The van der Waals surface area contributed by atoms with Crippen LogP contribution in [0, 0.1) is 0 Å². The molecule has 0 aliphatic carbocycles. The summed E-state index contributed by atoms with van der Waals surface area (Å²) in [5.74, 6) is -1.44. The number of carboxylic acids is 2. The summed E-state index contributed by atoms with van der Waals surface area (Å²) in [6, 6.07) is 0. The summed E-state index contributed by atoms with van der Waals surface area (Å²) < 4.78 is 29.4. The Kier molecular flexibility index (Phi) is 104. The molecule has 0 radical (unpaired) electrons. The minimum absolute atomic E-state index is 0. The maximum absolute atomic E-state index is 10.4. The van der Waals surface area contributed by atoms with E-state index in [9.17, 15) is 18.0 Å². The fraction of sp³-hybridized carbons (Fsp3) is 0.947. The molecule has 0 fully saturated rings. The summed E-state index contributed by atoms with van der Waals surface area (Å²) in [5, 5.41) is 23.2. The van der Waals surface area contributed by atoms with Gasteiger partial charge in [-0.25, -0.2) is 0 Å². The second-order valence-electron chi connectivity index (χ2n) is 13.1. The number of rotatable bonds is 34. The van der Waals surface area contributed by atoms with Crippen molar-refractivity contribution in [3.63, 3.8) is 0 Å². The molecule has 0 unspecified atom stereocenters. The summed E-state index contributed by atoms with van der Waals surface area (Å²) in [6.45, 7) is 12.5. The molecule has 18 heteroatoms. The van der Waals surface area contributed by atoms with Crippen LogP contribution in [0.25, 0.3) is 0 Å². The van der Waals surface area contributed by atoms with Crippen molar-refractivity contribution in [1.82, 2.24) is 35.2 Å². The van der Waals surface area contributed by atoms with E-state index in [1.54, 1.807) is 0 Å². The van der Waals surface area contributed by atoms with Gasteiger partial charge in [0.1, 0.15) is 0 Å². The van der Waals surface area contributed by atoms with Crippen molar-refractivity contribution in [3.05, 3.63) is 0 Å². The van der Waals surface area contributed by atoms with Crippen molar-refractivity contribution in [2.24, 2.45) is 11.5 Å². The van der Waals surface area contributed by atoms with Crippen molar-refractivity contribution < 1.29 is 74.9 Å². The summed E-state index contributed by atoms with van der Waals surface area (Å²) in [6.07, 6.45) is 28.3. The van der Waals surface area contributed by atoms with Gasteiger partial charge in [0.15, 0.2) is 0 Å². The van der Waals surface area contributed by atoms with E-state index in [2.05, 4.69) is 31.4 Å². The first kappa shape index (κ1) is 80.0. The second-order valence-corrected chi connectivity index (χ2v) is 14.6. The summed E-state index contributed by atoms with van der Waals surface area (Å²) in [4.78, 5) is 19.7. The number of hydrogen-bond acceptors (Lipinski definition) is 12. The Bertz CT molecular complexity index is 748. The number of unbranched alkanes of at least 4 members (excludes halogenated alkanes) is 19. The van der Waals surface area contributed by atoms with Crippen LogP contribution < -0.4 is 46.7 Å². The smallest absolute Gasteiger partial charge is 0.303 e. The fourth-order valence-corrected chi connectivity index (χ4v) is 5.32. The number of aliphatic carboxylic acids is 2. The van der Waals surface area contributed by atoms with E-state index >= 15 is 0 Å². The van der Waals surface area contributed by atoms with Gasteiger partial charge in [0.2, 0.25) is 0 Å². The second kappa shape index (κ2) is 72.5. The number of carbonyl (C=O) groups is 2. The molecule has 21 N–H and O–H groups in total. The van der Waals surface area contributed by atoms with E-state index in [0.717, 1.165) is 90.6 Å². The van der Waals surface area contributed by atoms with Crippen molar-refractivity contribution in [2.45, 2.75) is 188 Å². The van der Waals surface area contributed by atoms with Crippen LogP contribution in [0.15, 0.2) is 0 Å². The molecule has 356 valence electrons. The summed E-state index contributed by atoms with van der Waals surface area (Å²) in [5.41, 5.74) is 10.9. The van der Waals surface area contributed by atoms with Crippen LogP contribution in [0.3, 0.4) is 0 Å². The maximum Gasteiger partial charge on any atom is 0.303 e. The van der Waals surface area contributed by atoms with E-state index in [-0.39, 0.29) is 72.5 Å². The zero-order valence-corrected chi connectivity index (χ0v) is 41.7. The van der Waals surface area contributed by atoms with Gasteiger partial charge >= 0.3 is 11.9 Å². The minimum atomic E-state index is -3.73. The molecular weight excluding hydrogens is 1100 g/mol. The molecule has 0 spiro atoms. The van der Waals surface area contributed by atoms with Crippen LogP contribution in [0.4, 0.5) is 0 Å². The van der Waals surface area contributed by atoms with Crippen LogP contribution in [0.2, 0.25) is 0 Å². The number of nitrogens with one attached hydrogen (secondary N) is 2. The monoisotopic (exact) mass is 1200 g/mol. The third-order valence-corrected chi connectivity index (χ3v) is 8.64. The molecule has 0 saturated heterocycles. The van der Waals surface area contributed by atoms with Crippen molar-refractivity contribution in [1.29, 1.82) is 0 Å². The predicted octanol–water partition coefficient (Wildman–Crippen LogP) is 8.94. The molecule has 0 aromatic rings. The average Bonchev–Trinajstić information content (AvgIpc) is 3.06. The molecule has 0 aliphatic heterocycles. The third-order valence-electron chi connectivity index (χ3n) is 7.84. The van der Waals surface area contributed by atoms with Gasteiger partial charge in [0.25, 0.3) is 10.1 Å². The quantitative estimate of drug-likeness (QED) is 0.0211. The van der Waals surface area contributed by atoms with E-state index in [1.165, 1.54) is 96.3 Å². The molecule has 0 aromatic carbocycles. The molecule has 0 aliphatic rings. The molecule has 0 saturated carbocycles. The van der Waals surface area contributed by atoms with Gasteiger partial charge in [0, 0.05) is 68.1 Å². The van der Waals surface area contributed by atoms with E-state index in [0.29, 0.717) is 19.3 Å². The van der Waals surface area contributed by atoms with Gasteiger partial charge in [-0.1, -0.05) is 130 Å². The summed E-state index contributed by atoms with van der Waals surface area (Å²) >= 11 is 0. The molecule has 0 rings (SSSR count). The Morgan fingerprint density at radius 1 is 0.446 bits per heavy atom. The largest absolute Gasteiger partial charge is 0.481 e. The molecular formula is C38H96N8O7Pt2S. The zero-order chi connectivity index (χ0) is 38.4. The first-order valence-corrected chi connectivity index (χ1v) is 21.8. The standard InChI is InChI=1S/C14H34N4.C12H26O3S.2C6H12O2.4H3N.2Pt/c15-9-5-1-3-7-11-17-13-14-18-12-8-4-2-6-10-16;1-2-3-4-5-6-7-8-9-10-11-12-16(13,14)15;2*1-2-3-4-5-6(7)8;;;;;;/h17-18H,1-16H2;2-12H2,1H3,(H,13,14,15);2*2-5H2,1H3,(H,7,8);4*1H3;;. The molecule has 0 atom stereocenters. The Balaban J connectivity index is -0.0000000641. The average molecular weight is 1200 g/mol. The fourth-order valence-electron chi connectivity index (χ4n) is 4.75. The Morgan fingerprint density at radius 3 is 1.00 bits per heavy atom. The molecule has 0 bridgehead atoms. The first-order valence-electron chi connectivity index (χ1n) is 20.2. The molecule has 56 heavy (non-hydrogen) atoms. The molecule has 0 amide bonds. The van der Waals surface area contributed by atoms with Crippen molar-refractivity contribution in [3.8, 4) is 0 Å². The van der Waals surface area contributed by atoms with Crippen LogP contribution in [-0.4, -0.2) is 80.1 Å². The third kappa shape index (κ3) is 105. The molecule has 15 nitrogen and oxygen atoms in total. The number of nitrogens with two attached hydrogens (primary N) is 2. The normalized spacial score (nSPS) is 9.54. The van der Waals surface area contributed by atoms with Crippen LogP contribution in [0.5, 0.6) is 0 Å². The SMILES string of the molecule is CCCCCC(=O)O.CCCCCC(=O)O.CCCCCCCCCCCCS(=O)(=O)O.N.N.N.N.NCCCCCCNCCNCCCCCCN.[Pt].[Pt]. The van der Waals surface area contributed by atoms with E-state index in [1.807, 2.05) is 0 Å². The predicted molar refractivity (Wildman–Crippen MR) is 233 cm³/mol. The van der Waals surface area contributed by atoms with Gasteiger partial charge in [-0.3, -0.25) is 14.1 Å². The zero-order valence-electron chi connectivity index (χ0n) is 36.3. The topological polar surface area (TPSA) is 345 Å². The van der Waals surface area contributed by atoms with E-state index in [4.69, 9.17) is 26.2 Å². The van der Waals surface area contributed by atoms with Gasteiger partial charge in [-0.15, -0.1) is 0 Å². The van der Waals surface area contributed by atoms with Gasteiger partial charge in [-0.2, -0.15) is 8.42 Å². The van der Waals surface area contributed by atoms with Gasteiger partial charge in [0.05, 0.1) is 5.75 Å². The Morgan fingerprint density at radius 2 is 0.714 bits per heavy atom. The van der Waals surface area contributed by atoms with Crippen LogP contribution in [0.1, 0.15) is 188 Å². The van der Waals surface area contributed by atoms with Crippen LogP contribution in [-0.2, 0) is 61.8 Å². The number of carboxylic acid groups (broad SMARTS) is 2. The van der Waals surface area contributed by atoms with Crippen molar-refractivity contribution in [2.75, 3.05) is 45.0 Å².